The summed E-state index contributed by atoms with van der Waals surface area (Å²) in [4.78, 5) is 36.8. The van der Waals surface area contributed by atoms with Gasteiger partial charge in [-0.1, -0.05) is 18.2 Å². The van der Waals surface area contributed by atoms with E-state index in [1.807, 2.05) is 0 Å². The van der Waals surface area contributed by atoms with Crippen LogP contribution in [0.1, 0.15) is 56.3 Å². The van der Waals surface area contributed by atoms with E-state index in [1.54, 1.807) is 55.7 Å². The van der Waals surface area contributed by atoms with Crippen molar-refractivity contribution in [2.45, 2.75) is 34.2 Å². The van der Waals surface area contributed by atoms with Gasteiger partial charge in [-0.2, -0.15) is 0 Å². The molecule has 0 aliphatic heterocycles. The lowest BCUT2D eigenvalue weighted by atomic mass is 10.1. The number of carbonyl (C=O) groups excluding carboxylic acids is 3. The number of esters is 1. The van der Waals surface area contributed by atoms with Crippen LogP contribution in [0.5, 0.6) is 0 Å². The molecule has 0 aliphatic rings. The highest BCUT2D eigenvalue weighted by Crippen LogP contribution is 2.25. The Morgan fingerprint density at radius 2 is 1.96 bits per heavy atom. The van der Waals surface area contributed by atoms with Crippen molar-refractivity contribution in [3.63, 3.8) is 0 Å². The molecule has 0 saturated heterocycles. The Morgan fingerprint density at radius 1 is 1.26 bits per heavy atom. The molecule has 1 aromatic carbocycles. The first kappa shape index (κ1) is 20.2. The van der Waals surface area contributed by atoms with Crippen LogP contribution in [0.15, 0.2) is 36.9 Å². The van der Waals surface area contributed by atoms with Crippen molar-refractivity contribution in [3.05, 3.63) is 65.0 Å². The van der Waals surface area contributed by atoms with Crippen molar-refractivity contribution in [2.24, 2.45) is 0 Å². The standard InChI is InChI=1S/C21H24N2O4/c1-6-11-23-14(4)18(13(3)19(23)21(26)27-7-2)20(25)22-17-10-8-9-16(12-17)15(5)24/h6,8-10,12H,1,7,11H2,2-5H3,(H,22,25). The minimum Gasteiger partial charge on any atom is -0.461 e. The molecule has 1 N–H and O–H groups in total. The SMILES string of the molecule is C=CCn1c(C)c(C(=O)Nc2cccc(C(C)=O)c2)c(C)c1C(=O)OCC. The lowest BCUT2D eigenvalue weighted by Gasteiger charge is -2.09. The molecule has 142 valence electrons. The van der Waals surface area contributed by atoms with Gasteiger partial charge in [0.15, 0.2) is 5.78 Å². The van der Waals surface area contributed by atoms with E-state index in [0.717, 1.165) is 0 Å². The number of allylic oxidation sites excluding steroid dienone is 1. The number of carbonyl (C=O) groups is 3. The average Bonchev–Trinajstić information content (AvgIpc) is 2.86. The Bertz CT molecular complexity index is 909. The number of anilines is 1. The quantitative estimate of drug-likeness (QED) is 0.456. The molecule has 0 spiro atoms. The van der Waals surface area contributed by atoms with Crippen LogP contribution < -0.4 is 5.32 Å². The molecule has 6 heteroatoms. The molecule has 0 radical (unpaired) electrons. The summed E-state index contributed by atoms with van der Waals surface area (Å²) in [6.07, 6.45) is 1.66. The van der Waals surface area contributed by atoms with Crippen LogP contribution in [0, 0.1) is 13.8 Å². The number of nitrogens with one attached hydrogen (secondary N) is 1. The van der Waals surface area contributed by atoms with E-state index in [9.17, 15) is 14.4 Å². The number of amides is 1. The number of hydrogen-bond acceptors (Lipinski definition) is 4. The van der Waals surface area contributed by atoms with E-state index in [1.165, 1.54) is 6.92 Å². The number of ether oxygens (including phenoxy) is 1. The third-order valence-electron chi connectivity index (χ3n) is 4.30. The molecule has 1 amide bonds. The summed E-state index contributed by atoms with van der Waals surface area (Å²) in [5.41, 5.74) is 2.98. The summed E-state index contributed by atoms with van der Waals surface area (Å²) in [6.45, 7) is 11.0. The van der Waals surface area contributed by atoms with Gasteiger partial charge in [-0.05, 0) is 45.4 Å². The second-order valence-electron chi connectivity index (χ2n) is 6.14. The van der Waals surface area contributed by atoms with E-state index in [2.05, 4.69) is 11.9 Å². The van der Waals surface area contributed by atoms with Crippen molar-refractivity contribution in [1.82, 2.24) is 4.57 Å². The fraction of sp³-hybridized carbons (Fsp3) is 0.286. The molecule has 0 atom stereocenters. The first-order valence-electron chi connectivity index (χ1n) is 8.71. The smallest absolute Gasteiger partial charge is 0.355 e. The van der Waals surface area contributed by atoms with E-state index < -0.39 is 5.97 Å². The minimum atomic E-state index is -0.474. The Labute approximate surface area is 158 Å². The van der Waals surface area contributed by atoms with E-state index in [0.29, 0.717) is 40.3 Å². The molecule has 27 heavy (non-hydrogen) atoms. The Balaban J connectivity index is 2.45. The largest absolute Gasteiger partial charge is 0.461 e. The maximum atomic E-state index is 12.9. The molecule has 1 heterocycles. The maximum absolute atomic E-state index is 12.9. The van der Waals surface area contributed by atoms with Gasteiger partial charge in [0.2, 0.25) is 0 Å². The highest BCUT2D eigenvalue weighted by atomic mass is 16.5. The molecule has 2 rings (SSSR count). The lowest BCUT2D eigenvalue weighted by molar-refractivity contribution is 0.0513. The number of aromatic nitrogens is 1. The number of Topliss-reactive ketones (excluding diaryl/α,β-unsaturated/α-hetero) is 1. The lowest BCUT2D eigenvalue weighted by Crippen LogP contribution is -2.14. The molecule has 1 aromatic heterocycles. The van der Waals surface area contributed by atoms with Gasteiger partial charge in [0.1, 0.15) is 5.69 Å². The van der Waals surface area contributed by atoms with Crippen LogP contribution in [0.2, 0.25) is 0 Å². The molecule has 0 saturated carbocycles. The molecule has 0 unspecified atom stereocenters. The van der Waals surface area contributed by atoms with Gasteiger partial charge in [0, 0.05) is 23.5 Å². The van der Waals surface area contributed by atoms with Gasteiger partial charge < -0.3 is 14.6 Å². The number of ketones is 1. The topological polar surface area (TPSA) is 77.4 Å². The summed E-state index contributed by atoms with van der Waals surface area (Å²) in [6, 6.07) is 6.73. The molecule has 6 nitrogen and oxygen atoms in total. The van der Waals surface area contributed by atoms with Crippen LogP contribution in [0.3, 0.4) is 0 Å². The summed E-state index contributed by atoms with van der Waals surface area (Å²) in [7, 11) is 0. The second kappa shape index (κ2) is 8.49. The first-order valence-corrected chi connectivity index (χ1v) is 8.71. The van der Waals surface area contributed by atoms with Gasteiger partial charge >= 0.3 is 5.97 Å². The van der Waals surface area contributed by atoms with Crippen molar-refractivity contribution in [1.29, 1.82) is 0 Å². The van der Waals surface area contributed by atoms with Crippen molar-refractivity contribution in [3.8, 4) is 0 Å². The summed E-state index contributed by atoms with van der Waals surface area (Å²) in [5.74, 6) is -0.906. The van der Waals surface area contributed by atoms with E-state index in [4.69, 9.17) is 4.74 Å². The van der Waals surface area contributed by atoms with Crippen LogP contribution in [0.4, 0.5) is 5.69 Å². The van der Waals surface area contributed by atoms with Crippen LogP contribution in [-0.4, -0.2) is 28.8 Å². The molecule has 0 aliphatic carbocycles. The molecule has 0 fully saturated rings. The third-order valence-corrected chi connectivity index (χ3v) is 4.30. The first-order chi connectivity index (χ1) is 12.8. The van der Waals surface area contributed by atoms with E-state index in [-0.39, 0.29) is 18.3 Å². The number of benzene rings is 1. The number of nitrogens with zero attached hydrogens (tertiary/aromatic N) is 1. The fourth-order valence-electron chi connectivity index (χ4n) is 3.06. The monoisotopic (exact) mass is 368 g/mol. The Morgan fingerprint density at radius 3 is 2.56 bits per heavy atom. The molecule has 0 bridgehead atoms. The van der Waals surface area contributed by atoms with Gasteiger partial charge in [-0.25, -0.2) is 4.79 Å². The normalized spacial score (nSPS) is 10.4. The second-order valence-corrected chi connectivity index (χ2v) is 6.14. The van der Waals surface area contributed by atoms with Gasteiger partial charge in [-0.15, -0.1) is 6.58 Å². The predicted octanol–water partition coefficient (Wildman–Crippen LogP) is 3.92. The Kier molecular flexibility index (Phi) is 6.34. The average molecular weight is 368 g/mol. The molecular formula is C21H24N2O4. The predicted molar refractivity (Wildman–Crippen MR) is 104 cm³/mol. The minimum absolute atomic E-state index is 0.0832. The fourth-order valence-corrected chi connectivity index (χ4v) is 3.06. The van der Waals surface area contributed by atoms with Crippen LogP contribution in [-0.2, 0) is 11.3 Å². The maximum Gasteiger partial charge on any atom is 0.355 e. The summed E-state index contributed by atoms with van der Waals surface area (Å²) >= 11 is 0. The van der Waals surface area contributed by atoms with Crippen molar-refractivity contribution >= 4 is 23.3 Å². The van der Waals surface area contributed by atoms with Crippen LogP contribution >= 0.6 is 0 Å². The van der Waals surface area contributed by atoms with Gasteiger partial charge in [0.25, 0.3) is 5.91 Å². The van der Waals surface area contributed by atoms with Crippen molar-refractivity contribution in [2.75, 3.05) is 11.9 Å². The highest BCUT2D eigenvalue weighted by Gasteiger charge is 2.26. The molecular weight excluding hydrogens is 344 g/mol. The van der Waals surface area contributed by atoms with Gasteiger partial charge in [-0.3, -0.25) is 9.59 Å². The third kappa shape index (κ3) is 4.16. The molecule has 2 aromatic rings. The van der Waals surface area contributed by atoms with E-state index >= 15 is 0 Å². The Hall–Kier alpha value is -3.15. The zero-order chi connectivity index (χ0) is 20.1. The highest BCUT2D eigenvalue weighted by molar-refractivity contribution is 6.09. The van der Waals surface area contributed by atoms with Gasteiger partial charge in [0.05, 0.1) is 12.2 Å². The summed E-state index contributed by atoms with van der Waals surface area (Å²) < 4.78 is 6.86. The number of hydrogen-bond donors (Lipinski definition) is 1. The zero-order valence-corrected chi connectivity index (χ0v) is 16.1. The zero-order valence-electron chi connectivity index (χ0n) is 16.1. The van der Waals surface area contributed by atoms with Crippen LogP contribution in [0.25, 0.3) is 0 Å². The number of rotatable bonds is 7. The summed E-state index contributed by atoms with van der Waals surface area (Å²) in [5, 5.41) is 2.81. The van der Waals surface area contributed by atoms with Crippen molar-refractivity contribution < 1.29 is 19.1 Å².